The zero-order valence-electron chi connectivity index (χ0n) is 21.3. The molecule has 2 fully saturated rings. The number of thioether (sulfide) groups is 1. The summed E-state index contributed by atoms with van der Waals surface area (Å²) in [6.45, 7) is 8.51. The Bertz CT molecular complexity index is 1360. The molecule has 1 amide bonds. The third kappa shape index (κ3) is 4.67. The third-order valence-electron chi connectivity index (χ3n) is 7.45. The summed E-state index contributed by atoms with van der Waals surface area (Å²) in [7, 11) is 0. The molecule has 6 heteroatoms. The summed E-state index contributed by atoms with van der Waals surface area (Å²) in [5, 5.41) is 1.54. The monoisotopic (exact) mass is 517 g/mol. The SMILES string of the molecule is Cc1c(Cl)cccc1-n1c(C)cc(/C=C2\SC(=Nc3ccccc3)N([C@@H]3CCCC[C@H]3C)C2=O)c1C. The molecule has 1 saturated heterocycles. The number of aromatic nitrogens is 1. The third-order valence-corrected chi connectivity index (χ3v) is 8.84. The van der Waals surface area contributed by atoms with Crippen molar-refractivity contribution in [3.63, 3.8) is 0 Å². The van der Waals surface area contributed by atoms with Crippen LogP contribution >= 0.6 is 23.4 Å². The average molecular weight is 518 g/mol. The van der Waals surface area contributed by atoms with Crippen LogP contribution in [-0.4, -0.2) is 26.6 Å². The fourth-order valence-corrected chi connectivity index (χ4v) is 6.64. The lowest BCUT2D eigenvalue weighted by molar-refractivity contribution is -0.124. The molecule has 4 nitrogen and oxygen atoms in total. The second-order valence-electron chi connectivity index (χ2n) is 9.89. The molecule has 1 aromatic heterocycles. The fourth-order valence-electron chi connectivity index (χ4n) is 5.43. The first-order valence-corrected chi connectivity index (χ1v) is 13.9. The van der Waals surface area contributed by atoms with Gasteiger partial charge in [0.25, 0.3) is 5.91 Å². The van der Waals surface area contributed by atoms with E-state index in [1.807, 2.05) is 60.4 Å². The highest BCUT2D eigenvalue weighted by Gasteiger charge is 2.41. The van der Waals surface area contributed by atoms with Crippen molar-refractivity contribution in [1.29, 1.82) is 0 Å². The van der Waals surface area contributed by atoms with Gasteiger partial charge in [0, 0.05) is 28.1 Å². The Hall–Kier alpha value is -2.76. The van der Waals surface area contributed by atoms with Crippen molar-refractivity contribution in [2.45, 2.75) is 59.4 Å². The summed E-state index contributed by atoms with van der Waals surface area (Å²) < 4.78 is 2.22. The number of hydrogen-bond acceptors (Lipinski definition) is 3. The highest BCUT2D eigenvalue weighted by molar-refractivity contribution is 8.18. The first-order valence-electron chi connectivity index (χ1n) is 12.7. The molecule has 1 saturated carbocycles. The molecule has 2 aliphatic rings. The molecule has 1 aliphatic carbocycles. The van der Waals surface area contributed by atoms with Crippen LogP contribution in [0.2, 0.25) is 5.02 Å². The maximum atomic E-state index is 13.9. The zero-order valence-corrected chi connectivity index (χ0v) is 22.9. The van der Waals surface area contributed by atoms with Crippen LogP contribution in [-0.2, 0) is 4.79 Å². The molecular weight excluding hydrogens is 486 g/mol. The minimum atomic E-state index is 0.0668. The highest BCUT2D eigenvalue weighted by Crippen LogP contribution is 2.40. The molecule has 5 rings (SSSR count). The number of amidine groups is 1. The lowest BCUT2D eigenvalue weighted by Gasteiger charge is -2.35. The van der Waals surface area contributed by atoms with E-state index in [1.54, 1.807) is 0 Å². The molecule has 2 aromatic carbocycles. The van der Waals surface area contributed by atoms with Gasteiger partial charge < -0.3 is 4.57 Å². The van der Waals surface area contributed by atoms with Crippen molar-refractivity contribution in [2.75, 3.05) is 0 Å². The second-order valence-corrected chi connectivity index (χ2v) is 11.3. The Morgan fingerprint density at radius 3 is 2.53 bits per heavy atom. The molecule has 0 unspecified atom stereocenters. The number of carbonyl (C=O) groups excluding carboxylic acids is 1. The Morgan fingerprint density at radius 1 is 1.03 bits per heavy atom. The van der Waals surface area contributed by atoms with Crippen LogP contribution in [0.5, 0.6) is 0 Å². The van der Waals surface area contributed by atoms with Gasteiger partial charge >= 0.3 is 0 Å². The molecule has 36 heavy (non-hydrogen) atoms. The summed E-state index contributed by atoms with van der Waals surface area (Å²) in [6.07, 6.45) is 6.60. The lowest BCUT2D eigenvalue weighted by atomic mass is 9.85. The molecular formula is C30H32ClN3OS. The molecule has 3 aromatic rings. The number of aryl methyl sites for hydroxylation is 1. The normalized spacial score (nSPS) is 22.7. The zero-order chi connectivity index (χ0) is 25.4. The first-order chi connectivity index (χ1) is 17.3. The topological polar surface area (TPSA) is 37.6 Å². The van der Waals surface area contributed by atoms with E-state index in [-0.39, 0.29) is 11.9 Å². The second kappa shape index (κ2) is 10.3. The van der Waals surface area contributed by atoms with Crippen molar-refractivity contribution < 1.29 is 4.79 Å². The maximum absolute atomic E-state index is 13.9. The number of carbonyl (C=O) groups is 1. The van der Waals surface area contributed by atoms with E-state index in [9.17, 15) is 4.79 Å². The number of halogens is 1. The Balaban J connectivity index is 1.55. The number of aliphatic imine (C=N–C) groups is 1. The van der Waals surface area contributed by atoms with Crippen LogP contribution in [0.4, 0.5) is 5.69 Å². The smallest absolute Gasteiger partial charge is 0.267 e. The van der Waals surface area contributed by atoms with E-state index >= 15 is 0 Å². The Kier molecular flexibility index (Phi) is 7.14. The van der Waals surface area contributed by atoms with Gasteiger partial charge in [0.05, 0.1) is 10.6 Å². The predicted octanol–water partition coefficient (Wildman–Crippen LogP) is 8.24. The predicted molar refractivity (Wildman–Crippen MR) is 152 cm³/mol. The molecule has 0 bridgehead atoms. The van der Waals surface area contributed by atoms with Crippen LogP contribution in [0, 0.1) is 26.7 Å². The highest BCUT2D eigenvalue weighted by atomic mass is 35.5. The molecule has 0 radical (unpaired) electrons. The number of nitrogens with zero attached hydrogens (tertiary/aromatic N) is 3. The van der Waals surface area contributed by atoms with Crippen molar-refractivity contribution in [2.24, 2.45) is 10.9 Å². The van der Waals surface area contributed by atoms with Gasteiger partial charge in [0.2, 0.25) is 0 Å². The molecule has 0 spiro atoms. The van der Waals surface area contributed by atoms with Crippen LogP contribution in [0.1, 0.15) is 55.1 Å². The van der Waals surface area contributed by atoms with E-state index in [0.29, 0.717) is 5.92 Å². The summed E-state index contributed by atoms with van der Waals surface area (Å²) in [6, 6.07) is 18.3. The van der Waals surface area contributed by atoms with E-state index in [0.717, 1.165) is 68.2 Å². The fraction of sp³-hybridized carbons (Fsp3) is 0.333. The molecule has 186 valence electrons. The van der Waals surface area contributed by atoms with Gasteiger partial charge in [0.1, 0.15) is 0 Å². The quantitative estimate of drug-likeness (QED) is 0.327. The van der Waals surface area contributed by atoms with Crippen molar-refractivity contribution in [3.05, 3.63) is 87.0 Å². The van der Waals surface area contributed by atoms with Gasteiger partial charge in [-0.15, -0.1) is 0 Å². The lowest BCUT2D eigenvalue weighted by Crippen LogP contribution is -2.44. The summed E-state index contributed by atoms with van der Waals surface area (Å²) in [5.74, 6) is 0.525. The van der Waals surface area contributed by atoms with Crippen molar-refractivity contribution >= 4 is 46.2 Å². The van der Waals surface area contributed by atoms with Crippen LogP contribution in [0.3, 0.4) is 0 Å². The summed E-state index contributed by atoms with van der Waals surface area (Å²) in [4.78, 5) is 21.5. The van der Waals surface area contributed by atoms with E-state index in [4.69, 9.17) is 16.6 Å². The first kappa shape index (κ1) is 24.9. The number of benzene rings is 2. The molecule has 1 aliphatic heterocycles. The van der Waals surface area contributed by atoms with E-state index in [1.165, 1.54) is 18.2 Å². The van der Waals surface area contributed by atoms with Crippen molar-refractivity contribution in [1.82, 2.24) is 9.47 Å². The number of rotatable bonds is 4. The van der Waals surface area contributed by atoms with E-state index in [2.05, 4.69) is 37.5 Å². The van der Waals surface area contributed by atoms with Crippen molar-refractivity contribution in [3.8, 4) is 5.69 Å². The molecule has 0 N–H and O–H groups in total. The van der Waals surface area contributed by atoms with Crippen LogP contribution in [0.25, 0.3) is 11.8 Å². The van der Waals surface area contributed by atoms with Crippen LogP contribution in [0.15, 0.2) is 64.5 Å². The summed E-state index contributed by atoms with van der Waals surface area (Å²) >= 11 is 7.92. The minimum absolute atomic E-state index is 0.0668. The summed E-state index contributed by atoms with van der Waals surface area (Å²) in [5.41, 5.74) is 6.22. The minimum Gasteiger partial charge on any atom is -0.318 e. The van der Waals surface area contributed by atoms with Gasteiger partial charge in [0.15, 0.2) is 5.17 Å². The van der Waals surface area contributed by atoms with Gasteiger partial charge in [-0.2, -0.15) is 0 Å². The van der Waals surface area contributed by atoms with Gasteiger partial charge in [-0.3, -0.25) is 9.69 Å². The van der Waals surface area contributed by atoms with E-state index < -0.39 is 0 Å². The molecule has 2 heterocycles. The van der Waals surface area contributed by atoms with Gasteiger partial charge in [-0.1, -0.05) is 55.6 Å². The standard InChI is InChI=1S/C30H32ClN3OS/c1-19-11-8-9-15-26(19)34-29(35)28(36-30(34)32-24-12-6-5-7-13-24)18-23-17-20(2)33(22(23)4)27-16-10-14-25(31)21(27)3/h5-7,10,12-14,16-19,26H,8-9,11,15H2,1-4H3/b28-18-,32-30?/t19-,26-/m1/s1. The number of para-hydroxylation sites is 1. The Labute approximate surface area is 223 Å². The largest absolute Gasteiger partial charge is 0.318 e. The molecule has 2 atom stereocenters. The van der Waals surface area contributed by atoms with Gasteiger partial charge in [-0.05, 0) is 98.8 Å². The number of amides is 1. The number of hydrogen-bond donors (Lipinski definition) is 0. The Morgan fingerprint density at radius 2 is 1.78 bits per heavy atom. The average Bonchev–Trinajstić information content (AvgIpc) is 3.31. The van der Waals surface area contributed by atoms with Crippen LogP contribution < -0.4 is 0 Å². The maximum Gasteiger partial charge on any atom is 0.267 e. The van der Waals surface area contributed by atoms with Gasteiger partial charge in [-0.25, -0.2) is 4.99 Å².